The molecule has 116 valence electrons. The zero-order chi connectivity index (χ0) is 15.8. The Labute approximate surface area is 128 Å². The summed E-state index contributed by atoms with van der Waals surface area (Å²) in [4.78, 5) is 14.4. The predicted octanol–water partition coefficient (Wildman–Crippen LogP) is 3.84. The van der Waals surface area contributed by atoms with Crippen LogP contribution in [0, 0.1) is 0 Å². The van der Waals surface area contributed by atoms with Crippen molar-refractivity contribution >= 4 is 23.4 Å². The monoisotopic (exact) mass is 314 g/mol. The zero-order valence-corrected chi connectivity index (χ0v) is 13.1. The Morgan fingerprint density at radius 2 is 1.95 bits per heavy atom. The van der Waals surface area contributed by atoms with E-state index in [-0.39, 0.29) is 12.5 Å². The number of nitrogens with zero attached hydrogens (tertiary/aromatic N) is 1. The molecule has 0 heterocycles. The Hall–Kier alpha value is -1.40. The van der Waals surface area contributed by atoms with Crippen molar-refractivity contribution in [3.05, 3.63) is 36.4 Å². The van der Waals surface area contributed by atoms with Crippen molar-refractivity contribution in [3.8, 4) is 0 Å². The third-order valence-corrected chi connectivity index (χ3v) is 3.39. The molecule has 0 aliphatic carbocycles. The van der Waals surface area contributed by atoms with Crippen LogP contribution < -0.4 is 5.32 Å². The number of thioether (sulfide) groups is 1. The van der Waals surface area contributed by atoms with Crippen LogP contribution in [-0.2, 0) is 4.79 Å². The molecule has 0 atom stereocenters. The van der Waals surface area contributed by atoms with Crippen LogP contribution in [0.1, 0.15) is 13.8 Å². The Morgan fingerprint density at radius 3 is 2.43 bits per heavy atom. The number of rotatable bonds is 8. The molecule has 0 aliphatic heterocycles. The molecule has 1 rings (SSSR count). The van der Waals surface area contributed by atoms with E-state index in [2.05, 4.69) is 11.9 Å². The van der Waals surface area contributed by atoms with Crippen LogP contribution in [-0.4, -0.2) is 36.2 Å². The lowest BCUT2D eigenvalue weighted by Gasteiger charge is -2.19. The highest BCUT2D eigenvalue weighted by molar-refractivity contribution is 7.99. The van der Waals surface area contributed by atoms with Gasteiger partial charge in [0.25, 0.3) is 5.76 Å². The highest BCUT2D eigenvalue weighted by Gasteiger charge is 2.10. The maximum Gasteiger partial charge on any atom is 0.288 e. The lowest BCUT2D eigenvalue weighted by molar-refractivity contribution is -0.117. The molecule has 0 aliphatic rings. The summed E-state index contributed by atoms with van der Waals surface area (Å²) in [6.45, 7) is 9.43. The third-order valence-electron chi connectivity index (χ3n) is 2.67. The molecule has 0 aromatic heterocycles. The number of hydrogen-bond acceptors (Lipinski definition) is 3. The van der Waals surface area contributed by atoms with Crippen molar-refractivity contribution in [2.24, 2.45) is 0 Å². The molecular weight excluding hydrogens is 294 g/mol. The van der Waals surface area contributed by atoms with E-state index in [1.54, 1.807) is 24.3 Å². The van der Waals surface area contributed by atoms with Crippen molar-refractivity contribution in [1.29, 1.82) is 0 Å². The summed E-state index contributed by atoms with van der Waals surface area (Å²) in [5.41, 5.74) is 1.60. The fourth-order valence-corrected chi connectivity index (χ4v) is 2.28. The maximum absolute atomic E-state index is 12.2. The Kier molecular flexibility index (Phi) is 7.39. The SMILES string of the molecule is C=C(C)CN(CC)CC(=O)Nc1ccc(SC(F)F)cc1. The minimum atomic E-state index is -2.44. The number of likely N-dealkylation sites (N-methyl/N-ethyl adjacent to an activating group) is 1. The third kappa shape index (κ3) is 7.24. The summed E-state index contributed by atoms with van der Waals surface area (Å²) < 4.78 is 24.4. The average molecular weight is 314 g/mol. The molecule has 0 bridgehead atoms. The van der Waals surface area contributed by atoms with Gasteiger partial charge in [-0.05, 0) is 37.7 Å². The second-order valence-electron chi connectivity index (χ2n) is 4.71. The number of hydrogen-bond donors (Lipinski definition) is 1. The lowest BCUT2D eigenvalue weighted by Crippen LogP contribution is -2.34. The molecule has 3 nitrogen and oxygen atoms in total. The van der Waals surface area contributed by atoms with E-state index in [9.17, 15) is 13.6 Å². The van der Waals surface area contributed by atoms with Crippen LogP contribution in [0.3, 0.4) is 0 Å². The maximum atomic E-state index is 12.2. The Morgan fingerprint density at radius 1 is 1.33 bits per heavy atom. The van der Waals surface area contributed by atoms with E-state index < -0.39 is 5.76 Å². The lowest BCUT2D eigenvalue weighted by atomic mass is 10.3. The van der Waals surface area contributed by atoms with Gasteiger partial charge >= 0.3 is 0 Å². The highest BCUT2D eigenvalue weighted by atomic mass is 32.2. The second-order valence-corrected chi connectivity index (χ2v) is 5.77. The van der Waals surface area contributed by atoms with Crippen LogP contribution >= 0.6 is 11.8 Å². The Balaban J connectivity index is 2.52. The molecule has 1 aromatic rings. The summed E-state index contributed by atoms with van der Waals surface area (Å²) in [5, 5.41) is 2.75. The van der Waals surface area contributed by atoms with Gasteiger partial charge in [0, 0.05) is 17.1 Å². The standard InChI is InChI=1S/C15H20F2N2OS/c1-4-19(9-11(2)3)10-14(20)18-12-5-7-13(8-6-12)21-15(16)17/h5-8,15H,2,4,9-10H2,1,3H3,(H,18,20). The van der Waals surface area contributed by atoms with Gasteiger partial charge in [-0.25, -0.2) is 0 Å². The quantitative estimate of drug-likeness (QED) is 0.584. The molecule has 1 N–H and O–H groups in total. The highest BCUT2D eigenvalue weighted by Crippen LogP contribution is 2.26. The van der Waals surface area contributed by atoms with E-state index in [1.807, 2.05) is 18.7 Å². The first-order chi connectivity index (χ1) is 9.90. The number of halogens is 2. The summed E-state index contributed by atoms with van der Waals surface area (Å²) in [6.07, 6.45) is 0. The first-order valence-electron chi connectivity index (χ1n) is 6.62. The van der Waals surface area contributed by atoms with Crippen molar-refractivity contribution in [1.82, 2.24) is 4.90 Å². The van der Waals surface area contributed by atoms with E-state index >= 15 is 0 Å². The fraction of sp³-hybridized carbons (Fsp3) is 0.400. The summed E-state index contributed by atoms with van der Waals surface area (Å²) in [5.74, 6) is -2.57. The largest absolute Gasteiger partial charge is 0.325 e. The van der Waals surface area contributed by atoms with Crippen LogP contribution in [0.2, 0.25) is 0 Å². The molecule has 1 amide bonds. The number of alkyl halides is 2. The van der Waals surface area contributed by atoms with Gasteiger partial charge < -0.3 is 5.32 Å². The molecular formula is C15H20F2N2OS. The molecule has 0 unspecified atom stereocenters. The minimum absolute atomic E-state index is 0.132. The normalized spacial score (nSPS) is 11.0. The molecule has 1 aromatic carbocycles. The van der Waals surface area contributed by atoms with Crippen molar-refractivity contribution < 1.29 is 13.6 Å². The van der Waals surface area contributed by atoms with Crippen LogP contribution in [0.25, 0.3) is 0 Å². The van der Waals surface area contributed by atoms with Gasteiger partial charge in [0.1, 0.15) is 0 Å². The van der Waals surface area contributed by atoms with E-state index in [4.69, 9.17) is 0 Å². The zero-order valence-electron chi connectivity index (χ0n) is 12.2. The van der Waals surface area contributed by atoms with Crippen LogP contribution in [0.4, 0.5) is 14.5 Å². The van der Waals surface area contributed by atoms with E-state index in [1.165, 1.54) is 0 Å². The molecule has 0 saturated carbocycles. The Bertz CT molecular complexity index is 477. The number of benzene rings is 1. The average Bonchev–Trinajstić information content (AvgIpc) is 2.39. The first kappa shape index (κ1) is 17.7. The van der Waals surface area contributed by atoms with Gasteiger partial charge in [0.05, 0.1) is 6.54 Å². The van der Waals surface area contributed by atoms with Gasteiger partial charge in [-0.2, -0.15) is 8.78 Å². The second kappa shape index (κ2) is 8.79. The summed E-state index contributed by atoms with van der Waals surface area (Å²) in [7, 11) is 0. The van der Waals surface area contributed by atoms with Gasteiger partial charge in [0.15, 0.2) is 0 Å². The predicted molar refractivity (Wildman–Crippen MR) is 83.9 cm³/mol. The molecule has 0 fully saturated rings. The van der Waals surface area contributed by atoms with Crippen molar-refractivity contribution in [3.63, 3.8) is 0 Å². The van der Waals surface area contributed by atoms with Gasteiger partial charge in [-0.15, -0.1) is 0 Å². The minimum Gasteiger partial charge on any atom is -0.325 e. The van der Waals surface area contributed by atoms with Gasteiger partial charge in [0.2, 0.25) is 5.91 Å². The van der Waals surface area contributed by atoms with E-state index in [0.29, 0.717) is 28.9 Å². The molecule has 6 heteroatoms. The number of amides is 1. The van der Waals surface area contributed by atoms with Crippen LogP contribution in [0.15, 0.2) is 41.3 Å². The molecule has 0 radical (unpaired) electrons. The first-order valence-corrected chi connectivity index (χ1v) is 7.50. The number of carbonyl (C=O) groups excluding carboxylic acids is 1. The smallest absolute Gasteiger partial charge is 0.288 e. The van der Waals surface area contributed by atoms with Crippen LogP contribution in [0.5, 0.6) is 0 Å². The number of nitrogens with one attached hydrogen (secondary N) is 1. The van der Waals surface area contributed by atoms with Crippen molar-refractivity contribution in [2.75, 3.05) is 25.0 Å². The van der Waals surface area contributed by atoms with Gasteiger partial charge in [-0.1, -0.05) is 30.8 Å². The number of carbonyl (C=O) groups is 1. The van der Waals surface area contributed by atoms with Gasteiger partial charge in [-0.3, -0.25) is 9.69 Å². The fourth-order valence-electron chi connectivity index (χ4n) is 1.78. The molecule has 21 heavy (non-hydrogen) atoms. The summed E-state index contributed by atoms with van der Waals surface area (Å²) in [6, 6.07) is 6.38. The molecule has 0 saturated heterocycles. The summed E-state index contributed by atoms with van der Waals surface area (Å²) >= 11 is 0.483. The van der Waals surface area contributed by atoms with Crippen molar-refractivity contribution in [2.45, 2.75) is 24.5 Å². The van der Waals surface area contributed by atoms with E-state index in [0.717, 1.165) is 12.1 Å². The number of anilines is 1. The molecule has 0 spiro atoms. The topological polar surface area (TPSA) is 32.3 Å².